The number of nitrogens with one attached hydrogen (secondary N) is 1. The Balaban J connectivity index is 2.00. The first kappa shape index (κ1) is 12.0. The van der Waals surface area contributed by atoms with Crippen LogP contribution in [0.4, 0.5) is 0 Å². The van der Waals surface area contributed by atoms with E-state index in [1.165, 1.54) is 6.42 Å². The van der Waals surface area contributed by atoms with Gasteiger partial charge in [-0.2, -0.15) is 0 Å². The minimum absolute atomic E-state index is 0.0300. The van der Waals surface area contributed by atoms with Gasteiger partial charge in [-0.15, -0.1) is 0 Å². The molecule has 0 spiro atoms. The van der Waals surface area contributed by atoms with Crippen LogP contribution in [0.5, 0.6) is 0 Å². The third-order valence-electron chi connectivity index (χ3n) is 2.94. The molecule has 0 amide bonds. The molecular weight excluding hydrogens is 176 g/mol. The first-order valence-corrected chi connectivity index (χ1v) is 5.80. The molecule has 14 heavy (non-hydrogen) atoms. The molecule has 0 aromatic heterocycles. The van der Waals surface area contributed by atoms with E-state index in [1.54, 1.807) is 0 Å². The smallest absolute Gasteiger partial charge is 0.0513 e. The normalized spacial score (nSPS) is 30.6. The van der Waals surface area contributed by atoms with Crippen LogP contribution in [0.3, 0.4) is 0 Å². The van der Waals surface area contributed by atoms with Crippen molar-refractivity contribution in [3.05, 3.63) is 0 Å². The minimum Gasteiger partial charge on any atom is -0.381 e. The number of nitrogens with two attached hydrogens (primary N) is 1. The van der Waals surface area contributed by atoms with Crippen molar-refractivity contribution in [1.29, 1.82) is 0 Å². The highest BCUT2D eigenvalue weighted by atomic mass is 16.5. The third kappa shape index (κ3) is 3.56. The van der Waals surface area contributed by atoms with E-state index in [0.717, 1.165) is 39.1 Å². The van der Waals surface area contributed by atoms with Crippen molar-refractivity contribution in [2.45, 2.75) is 38.6 Å². The summed E-state index contributed by atoms with van der Waals surface area (Å²) >= 11 is 0. The molecule has 3 nitrogen and oxygen atoms in total. The standard InChI is InChI=1S/C11H24N2O/c1-3-5-6-14-8-10-7-11(10,12)9-13-4-2/h10,13H,3-9,12H2,1-2H3/t10-,11-/m1/s1. The quantitative estimate of drug-likeness (QED) is 0.577. The second-order valence-electron chi connectivity index (χ2n) is 4.34. The van der Waals surface area contributed by atoms with Crippen LogP contribution in [0.15, 0.2) is 0 Å². The number of rotatable bonds is 8. The van der Waals surface area contributed by atoms with E-state index in [0.29, 0.717) is 5.92 Å². The van der Waals surface area contributed by atoms with Crippen LogP contribution in [0, 0.1) is 5.92 Å². The lowest BCUT2D eigenvalue weighted by Gasteiger charge is -2.11. The average Bonchev–Trinajstić information content (AvgIpc) is 2.82. The maximum atomic E-state index is 6.15. The van der Waals surface area contributed by atoms with Crippen LogP contribution in [0.25, 0.3) is 0 Å². The lowest BCUT2D eigenvalue weighted by atomic mass is 10.2. The van der Waals surface area contributed by atoms with E-state index in [2.05, 4.69) is 19.2 Å². The van der Waals surface area contributed by atoms with Crippen LogP contribution >= 0.6 is 0 Å². The molecule has 2 atom stereocenters. The predicted octanol–water partition coefficient (Wildman–Crippen LogP) is 1.13. The average molecular weight is 200 g/mol. The summed E-state index contributed by atoms with van der Waals surface area (Å²) in [6.45, 7) is 7.97. The molecule has 1 aliphatic rings. The molecule has 84 valence electrons. The Hall–Kier alpha value is -0.120. The van der Waals surface area contributed by atoms with Crippen LogP contribution < -0.4 is 11.1 Å². The topological polar surface area (TPSA) is 47.3 Å². The van der Waals surface area contributed by atoms with Gasteiger partial charge in [-0.25, -0.2) is 0 Å². The Kier molecular flexibility index (Phi) is 4.85. The Bertz CT molecular complexity index is 163. The molecular formula is C11H24N2O. The summed E-state index contributed by atoms with van der Waals surface area (Å²) in [5.74, 6) is 0.582. The molecule has 1 aliphatic carbocycles. The second-order valence-corrected chi connectivity index (χ2v) is 4.34. The zero-order valence-corrected chi connectivity index (χ0v) is 9.51. The van der Waals surface area contributed by atoms with Gasteiger partial charge in [0.25, 0.3) is 0 Å². The molecule has 1 saturated carbocycles. The van der Waals surface area contributed by atoms with E-state index < -0.39 is 0 Å². The van der Waals surface area contributed by atoms with Gasteiger partial charge in [0.15, 0.2) is 0 Å². The summed E-state index contributed by atoms with van der Waals surface area (Å²) < 4.78 is 5.57. The highest BCUT2D eigenvalue weighted by molar-refractivity contribution is 5.09. The van der Waals surface area contributed by atoms with Gasteiger partial charge in [-0.3, -0.25) is 0 Å². The lowest BCUT2D eigenvalue weighted by molar-refractivity contribution is 0.116. The second kappa shape index (κ2) is 5.69. The minimum atomic E-state index is 0.0300. The summed E-state index contributed by atoms with van der Waals surface area (Å²) in [4.78, 5) is 0. The highest BCUT2D eigenvalue weighted by Gasteiger charge is 2.50. The Morgan fingerprint density at radius 2 is 2.29 bits per heavy atom. The van der Waals surface area contributed by atoms with Crippen LogP contribution in [0.1, 0.15) is 33.1 Å². The van der Waals surface area contributed by atoms with Gasteiger partial charge in [0.2, 0.25) is 0 Å². The lowest BCUT2D eigenvalue weighted by Crippen LogP contribution is -2.38. The Labute approximate surface area is 87.4 Å². The van der Waals surface area contributed by atoms with E-state index >= 15 is 0 Å². The zero-order valence-electron chi connectivity index (χ0n) is 9.51. The fraction of sp³-hybridized carbons (Fsp3) is 1.00. The number of hydrogen-bond donors (Lipinski definition) is 2. The van der Waals surface area contributed by atoms with Crippen molar-refractivity contribution in [2.24, 2.45) is 11.7 Å². The zero-order chi connectivity index (χ0) is 10.4. The molecule has 3 N–H and O–H groups in total. The van der Waals surface area contributed by atoms with E-state index in [9.17, 15) is 0 Å². The van der Waals surface area contributed by atoms with Crippen LogP contribution in [-0.2, 0) is 4.74 Å². The summed E-state index contributed by atoms with van der Waals surface area (Å²) in [5, 5.41) is 3.30. The summed E-state index contributed by atoms with van der Waals surface area (Å²) in [6.07, 6.45) is 3.49. The first-order chi connectivity index (χ1) is 6.73. The van der Waals surface area contributed by atoms with Crippen LogP contribution in [0.2, 0.25) is 0 Å². The SMILES string of the molecule is CCCCOC[C@H]1C[C@@]1(N)CNCC. The van der Waals surface area contributed by atoms with Gasteiger partial charge in [0.05, 0.1) is 6.61 Å². The monoisotopic (exact) mass is 200 g/mol. The predicted molar refractivity (Wildman–Crippen MR) is 59.3 cm³/mol. The fourth-order valence-corrected chi connectivity index (χ4v) is 1.67. The molecule has 3 heteroatoms. The van der Waals surface area contributed by atoms with Crippen molar-refractivity contribution in [3.63, 3.8) is 0 Å². The maximum absolute atomic E-state index is 6.15. The fourth-order valence-electron chi connectivity index (χ4n) is 1.67. The van der Waals surface area contributed by atoms with Gasteiger partial charge in [0, 0.05) is 24.6 Å². The van der Waals surface area contributed by atoms with Crippen molar-refractivity contribution < 1.29 is 4.74 Å². The summed E-state index contributed by atoms with van der Waals surface area (Å²) in [5.41, 5.74) is 6.18. The van der Waals surface area contributed by atoms with E-state index in [4.69, 9.17) is 10.5 Å². The maximum Gasteiger partial charge on any atom is 0.0513 e. The molecule has 0 aromatic carbocycles. The third-order valence-corrected chi connectivity index (χ3v) is 2.94. The molecule has 0 heterocycles. The van der Waals surface area contributed by atoms with Crippen molar-refractivity contribution in [3.8, 4) is 0 Å². The van der Waals surface area contributed by atoms with E-state index in [-0.39, 0.29) is 5.54 Å². The number of hydrogen-bond acceptors (Lipinski definition) is 3. The molecule has 1 rings (SSSR count). The Morgan fingerprint density at radius 3 is 2.93 bits per heavy atom. The molecule has 0 saturated heterocycles. The van der Waals surface area contributed by atoms with Gasteiger partial charge in [0.1, 0.15) is 0 Å². The highest BCUT2D eigenvalue weighted by Crippen LogP contribution is 2.40. The molecule has 0 bridgehead atoms. The molecule has 0 radical (unpaired) electrons. The number of ether oxygens (including phenoxy) is 1. The number of unbranched alkanes of at least 4 members (excludes halogenated alkanes) is 1. The first-order valence-electron chi connectivity index (χ1n) is 5.80. The Morgan fingerprint density at radius 1 is 1.50 bits per heavy atom. The van der Waals surface area contributed by atoms with Gasteiger partial charge in [-0.05, 0) is 19.4 Å². The van der Waals surface area contributed by atoms with Crippen molar-refractivity contribution in [2.75, 3.05) is 26.3 Å². The van der Waals surface area contributed by atoms with Crippen LogP contribution in [-0.4, -0.2) is 31.8 Å². The summed E-state index contributed by atoms with van der Waals surface area (Å²) in [6, 6.07) is 0. The summed E-state index contributed by atoms with van der Waals surface area (Å²) in [7, 11) is 0. The van der Waals surface area contributed by atoms with Crippen molar-refractivity contribution in [1.82, 2.24) is 5.32 Å². The van der Waals surface area contributed by atoms with E-state index in [1.807, 2.05) is 0 Å². The van der Waals surface area contributed by atoms with Gasteiger partial charge < -0.3 is 15.8 Å². The van der Waals surface area contributed by atoms with Crippen molar-refractivity contribution >= 4 is 0 Å². The number of likely N-dealkylation sites (N-methyl/N-ethyl adjacent to an activating group) is 1. The molecule has 0 aromatic rings. The van der Waals surface area contributed by atoms with Gasteiger partial charge >= 0.3 is 0 Å². The molecule has 0 aliphatic heterocycles. The molecule has 0 unspecified atom stereocenters. The largest absolute Gasteiger partial charge is 0.381 e. The molecule has 1 fully saturated rings. The van der Waals surface area contributed by atoms with Gasteiger partial charge in [-0.1, -0.05) is 20.3 Å².